The topological polar surface area (TPSA) is 76.7 Å². The molecule has 0 amide bonds. The number of aromatic nitrogens is 3. The number of anilines is 1. The first-order valence-electron chi connectivity index (χ1n) is 5.77. The van der Waals surface area contributed by atoms with Crippen LogP contribution in [0.15, 0.2) is 5.38 Å². The summed E-state index contributed by atoms with van der Waals surface area (Å²) in [5, 5.41) is 14.5. The number of nitrogens with one attached hydrogen (secondary N) is 1. The molecule has 0 aliphatic rings. The van der Waals surface area contributed by atoms with Gasteiger partial charge in [0.25, 0.3) is 0 Å². The lowest BCUT2D eigenvalue weighted by Gasteiger charge is -2.12. The zero-order chi connectivity index (χ0) is 14.0. The van der Waals surface area contributed by atoms with Gasteiger partial charge < -0.3 is 11.1 Å². The lowest BCUT2D eigenvalue weighted by atomic mass is 10.1. The van der Waals surface area contributed by atoms with Gasteiger partial charge in [0.05, 0.1) is 28.5 Å². The molecule has 0 fully saturated rings. The number of hydrogen-bond acceptors (Lipinski definition) is 6. The summed E-state index contributed by atoms with van der Waals surface area (Å²) >= 11 is 6.71. The molecule has 2 heterocycles. The summed E-state index contributed by atoms with van der Waals surface area (Å²) in [4.78, 5) is 4.71. The molecule has 0 aromatic carbocycles. The van der Waals surface area contributed by atoms with Gasteiger partial charge in [-0.3, -0.25) is 0 Å². The highest BCUT2D eigenvalue weighted by atomic mass is 32.1. The molecule has 0 saturated heterocycles. The van der Waals surface area contributed by atoms with Crippen molar-refractivity contribution in [2.24, 2.45) is 5.73 Å². The minimum absolute atomic E-state index is 0.326. The fourth-order valence-corrected chi connectivity index (χ4v) is 2.56. The van der Waals surface area contributed by atoms with Crippen molar-refractivity contribution in [2.45, 2.75) is 27.3 Å². The fourth-order valence-electron chi connectivity index (χ4n) is 1.70. The van der Waals surface area contributed by atoms with Crippen LogP contribution in [0.1, 0.15) is 27.5 Å². The maximum atomic E-state index is 5.77. The first-order valence-corrected chi connectivity index (χ1v) is 7.06. The van der Waals surface area contributed by atoms with E-state index in [9.17, 15) is 0 Å². The van der Waals surface area contributed by atoms with Crippen molar-refractivity contribution in [1.29, 1.82) is 0 Å². The normalized spacial score (nSPS) is 10.5. The van der Waals surface area contributed by atoms with Crippen LogP contribution in [0.2, 0.25) is 0 Å². The van der Waals surface area contributed by atoms with Crippen LogP contribution in [0, 0.1) is 20.8 Å². The van der Waals surface area contributed by atoms with Crippen LogP contribution in [0.4, 0.5) is 5.82 Å². The number of nitrogens with zero attached hydrogens (tertiary/aromatic N) is 3. The van der Waals surface area contributed by atoms with E-state index in [-0.39, 0.29) is 0 Å². The molecule has 0 spiro atoms. The van der Waals surface area contributed by atoms with E-state index >= 15 is 0 Å². The third kappa shape index (κ3) is 3.05. The quantitative estimate of drug-likeness (QED) is 0.841. The number of thiazole rings is 1. The third-order valence-electron chi connectivity index (χ3n) is 2.80. The first kappa shape index (κ1) is 13.8. The Hall–Kier alpha value is -1.60. The molecule has 0 atom stereocenters. The Morgan fingerprint density at radius 2 is 2.11 bits per heavy atom. The van der Waals surface area contributed by atoms with E-state index in [1.807, 2.05) is 26.2 Å². The molecule has 0 radical (unpaired) electrons. The smallest absolute Gasteiger partial charge is 0.159 e. The molecule has 7 heteroatoms. The summed E-state index contributed by atoms with van der Waals surface area (Å²) in [7, 11) is 0. The van der Waals surface area contributed by atoms with E-state index in [0.717, 1.165) is 27.5 Å². The minimum Gasteiger partial charge on any atom is -0.389 e. The predicted octanol–water partition coefficient (Wildman–Crippen LogP) is 2.10. The molecular formula is C12H15N5S2. The SMILES string of the molecule is Cc1nc(CNc2nnc(C)c(C)c2C(N)=S)cs1. The maximum Gasteiger partial charge on any atom is 0.159 e. The summed E-state index contributed by atoms with van der Waals surface area (Å²) in [6, 6.07) is 0. The Morgan fingerprint density at radius 1 is 1.37 bits per heavy atom. The highest BCUT2D eigenvalue weighted by molar-refractivity contribution is 7.80. The van der Waals surface area contributed by atoms with Gasteiger partial charge in [-0.1, -0.05) is 12.2 Å². The molecule has 5 nitrogen and oxygen atoms in total. The van der Waals surface area contributed by atoms with Gasteiger partial charge in [0.2, 0.25) is 0 Å². The molecule has 0 aliphatic heterocycles. The lowest BCUT2D eigenvalue weighted by Crippen LogP contribution is -2.18. The predicted molar refractivity (Wildman–Crippen MR) is 81.6 cm³/mol. The van der Waals surface area contributed by atoms with E-state index in [4.69, 9.17) is 18.0 Å². The van der Waals surface area contributed by atoms with Gasteiger partial charge in [0, 0.05) is 5.38 Å². The molecule has 100 valence electrons. The van der Waals surface area contributed by atoms with E-state index in [1.54, 1.807) is 11.3 Å². The number of nitrogens with two attached hydrogens (primary N) is 1. The Balaban J connectivity index is 2.25. The Kier molecular flexibility index (Phi) is 4.06. The average molecular weight is 293 g/mol. The van der Waals surface area contributed by atoms with Crippen molar-refractivity contribution in [3.8, 4) is 0 Å². The second-order valence-corrected chi connectivity index (χ2v) is 5.71. The van der Waals surface area contributed by atoms with Gasteiger partial charge in [-0.05, 0) is 26.3 Å². The monoisotopic (exact) mass is 293 g/mol. The van der Waals surface area contributed by atoms with Crippen LogP contribution in [-0.2, 0) is 6.54 Å². The van der Waals surface area contributed by atoms with Gasteiger partial charge in [0.1, 0.15) is 4.99 Å². The standard InChI is InChI=1S/C12H15N5S2/c1-6-7(2)16-17-12(10(6)11(13)18)14-4-9-5-19-8(3)15-9/h5H,4H2,1-3H3,(H2,13,18)(H,14,17). The molecule has 0 unspecified atom stereocenters. The minimum atomic E-state index is 0.326. The van der Waals surface area contributed by atoms with E-state index in [2.05, 4.69) is 20.5 Å². The van der Waals surface area contributed by atoms with Crippen molar-refractivity contribution < 1.29 is 0 Å². The van der Waals surface area contributed by atoms with Crippen LogP contribution in [0.3, 0.4) is 0 Å². The molecule has 2 rings (SSSR count). The summed E-state index contributed by atoms with van der Waals surface area (Å²) in [6.07, 6.45) is 0. The van der Waals surface area contributed by atoms with Crippen molar-refractivity contribution in [1.82, 2.24) is 15.2 Å². The second kappa shape index (κ2) is 5.58. The van der Waals surface area contributed by atoms with E-state index < -0.39 is 0 Å². The van der Waals surface area contributed by atoms with Crippen molar-refractivity contribution in [2.75, 3.05) is 5.32 Å². The summed E-state index contributed by atoms with van der Waals surface area (Å²) < 4.78 is 0. The summed E-state index contributed by atoms with van der Waals surface area (Å²) in [6.45, 7) is 6.38. The van der Waals surface area contributed by atoms with Crippen LogP contribution in [-0.4, -0.2) is 20.2 Å². The molecular weight excluding hydrogens is 278 g/mol. The molecule has 2 aromatic rings. The Morgan fingerprint density at radius 3 is 2.68 bits per heavy atom. The van der Waals surface area contributed by atoms with Crippen LogP contribution >= 0.6 is 23.6 Å². The van der Waals surface area contributed by atoms with E-state index in [1.165, 1.54) is 0 Å². The molecule has 2 aromatic heterocycles. The Bertz CT molecular complexity index is 621. The third-order valence-corrected chi connectivity index (χ3v) is 3.83. The average Bonchev–Trinajstić information content (AvgIpc) is 2.76. The lowest BCUT2D eigenvalue weighted by molar-refractivity contribution is 0.935. The zero-order valence-electron chi connectivity index (χ0n) is 11.0. The Labute approximate surface area is 121 Å². The number of aryl methyl sites for hydroxylation is 2. The van der Waals surface area contributed by atoms with Crippen molar-refractivity contribution >= 4 is 34.4 Å². The van der Waals surface area contributed by atoms with Crippen LogP contribution in [0.5, 0.6) is 0 Å². The number of thiocarbonyl (C=S) groups is 1. The van der Waals surface area contributed by atoms with Gasteiger partial charge in [-0.15, -0.1) is 16.4 Å². The highest BCUT2D eigenvalue weighted by Gasteiger charge is 2.13. The van der Waals surface area contributed by atoms with Gasteiger partial charge in [-0.2, -0.15) is 5.10 Å². The summed E-state index contributed by atoms with van der Waals surface area (Å²) in [5.74, 6) is 0.612. The largest absolute Gasteiger partial charge is 0.389 e. The molecule has 19 heavy (non-hydrogen) atoms. The molecule has 3 N–H and O–H groups in total. The molecule has 0 bridgehead atoms. The number of rotatable bonds is 4. The number of hydrogen-bond donors (Lipinski definition) is 2. The van der Waals surface area contributed by atoms with Crippen LogP contribution in [0.25, 0.3) is 0 Å². The molecule has 0 saturated carbocycles. The van der Waals surface area contributed by atoms with Crippen molar-refractivity contribution in [3.63, 3.8) is 0 Å². The molecule has 0 aliphatic carbocycles. The first-order chi connectivity index (χ1) is 8.99. The van der Waals surface area contributed by atoms with Crippen LogP contribution < -0.4 is 11.1 Å². The fraction of sp³-hybridized carbons (Fsp3) is 0.333. The van der Waals surface area contributed by atoms with Crippen molar-refractivity contribution in [3.05, 3.63) is 32.9 Å². The summed E-state index contributed by atoms with van der Waals surface area (Å²) in [5.41, 5.74) is 9.28. The van der Waals surface area contributed by atoms with Gasteiger partial charge in [-0.25, -0.2) is 4.98 Å². The van der Waals surface area contributed by atoms with Gasteiger partial charge >= 0.3 is 0 Å². The zero-order valence-corrected chi connectivity index (χ0v) is 12.7. The maximum absolute atomic E-state index is 5.77. The van der Waals surface area contributed by atoms with Gasteiger partial charge in [0.15, 0.2) is 5.82 Å². The highest BCUT2D eigenvalue weighted by Crippen LogP contribution is 2.19. The second-order valence-electron chi connectivity index (χ2n) is 4.21. The van der Waals surface area contributed by atoms with E-state index in [0.29, 0.717) is 17.4 Å².